The van der Waals surface area contributed by atoms with E-state index in [9.17, 15) is 4.79 Å². The predicted molar refractivity (Wildman–Crippen MR) is 73.4 cm³/mol. The van der Waals surface area contributed by atoms with Crippen LogP contribution in [0.5, 0.6) is 0 Å². The Kier molecular flexibility index (Phi) is 3.71. The molecule has 1 amide bonds. The number of carbonyl (C=O) groups is 1. The van der Waals surface area contributed by atoms with Crippen molar-refractivity contribution < 1.29 is 9.21 Å². The van der Waals surface area contributed by atoms with Crippen LogP contribution in [0.2, 0.25) is 0 Å². The number of hydrogen-bond donors (Lipinski definition) is 2. The van der Waals surface area contributed by atoms with E-state index in [0.717, 1.165) is 25.9 Å². The fourth-order valence-corrected chi connectivity index (χ4v) is 2.71. The molecule has 1 aliphatic carbocycles. The third kappa shape index (κ3) is 3.34. The zero-order chi connectivity index (χ0) is 14.1. The van der Waals surface area contributed by atoms with Crippen molar-refractivity contribution >= 4 is 11.9 Å². The Hall–Kier alpha value is -1.47. The molecule has 2 fully saturated rings. The number of amides is 1. The molecule has 3 rings (SSSR count). The predicted octanol–water partition coefficient (Wildman–Crippen LogP) is 0.568. The van der Waals surface area contributed by atoms with E-state index in [1.807, 2.05) is 0 Å². The largest absolute Gasteiger partial charge is 0.408 e. The standard InChI is InChI=1S/C13H21N5O2/c1-8-5-18(6-9(2)14-8)7-11(19)15-13-17-16-12(20-13)10-3-4-10/h8-10,14H,3-7H2,1-2H3,(H,15,17,19). The second-order valence-electron chi connectivity index (χ2n) is 5.93. The van der Waals surface area contributed by atoms with Crippen molar-refractivity contribution in [1.82, 2.24) is 20.4 Å². The first-order valence-electron chi connectivity index (χ1n) is 7.22. The van der Waals surface area contributed by atoms with Gasteiger partial charge < -0.3 is 9.73 Å². The van der Waals surface area contributed by atoms with Crippen LogP contribution in [0, 0.1) is 0 Å². The zero-order valence-electron chi connectivity index (χ0n) is 11.9. The Bertz CT molecular complexity index is 475. The molecule has 2 heterocycles. The number of hydrogen-bond acceptors (Lipinski definition) is 6. The molecule has 2 unspecified atom stereocenters. The molecule has 20 heavy (non-hydrogen) atoms. The zero-order valence-corrected chi connectivity index (χ0v) is 11.9. The number of aromatic nitrogens is 2. The molecule has 1 aliphatic heterocycles. The normalized spacial score (nSPS) is 27.5. The van der Waals surface area contributed by atoms with Crippen LogP contribution in [0.1, 0.15) is 38.5 Å². The average Bonchev–Trinajstić information content (AvgIpc) is 3.09. The number of carbonyl (C=O) groups excluding carboxylic acids is 1. The van der Waals surface area contributed by atoms with Gasteiger partial charge in [0, 0.05) is 31.1 Å². The molecule has 2 aliphatic rings. The van der Waals surface area contributed by atoms with Crippen LogP contribution in [0.3, 0.4) is 0 Å². The summed E-state index contributed by atoms with van der Waals surface area (Å²) in [6.07, 6.45) is 2.21. The molecule has 2 N–H and O–H groups in total. The maximum Gasteiger partial charge on any atom is 0.322 e. The van der Waals surface area contributed by atoms with Crippen LogP contribution in [0.25, 0.3) is 0 Å². The fourth-order valence-electron chi connectivity index (χ4n) is 2.71. The van der Waals surface area contributed by atoms with Gasteiger partial charge in [0.1, 0.15) is 0 Å². The summed E-state index contributed by atoms with van der Waals surface area (Å²) in [5.41, 5.74) is 0. The van der Waals surface area contributed by atoms with Crippen molar-refractivity contribution in [3.63, 3.8) is 0 Å². The molecular formula is C13H21N5O2. The van der Waals surface area contributed by atoms with Gasteiger partial charge in [-0.2, -0.15) is 0 Å². The van der Waals surface area contributed by atoms with Crippen molar-refractivity contribution in [2.75, 3.05) is 25.0 Å². The number of anilines is 1. The van der Waals surface area contributed by atoms with Crippen LogP contribution >= 0.6 is 0 Å². The minimum Gasteiger partial charge on any atom is -0.408 e. The van der Waals surface area contributed by atoms with Gasteiger partial charge in [0.05, 0.1) is 6.54 Å². The average molecular weight is 279 g/mol. The summed E-state index contributed by atoms with van der Waals surface area (Å²) in [7, 11) is 0. The Balaban J connectivity index is 1.50. The topological polar surface area (TPSA) is 83.3 Å². The van der Waals surface area contributed by atoms with E-state index in [4.69, 9.17) is 4.42 Å². The lowest BCUT2D eigenvalue weighted by molar-refractivity contribution is -0.117. The molecule has 0 radical (unpaired) electrons. The Morgan fingerprint density at radius 1 is 1.35 bits per heavy atom. The van der Waals surface area contributed by atoms with Crippen molar-refractivity contribution in [1.29, 1.82) is 0 Å². The van der Waals surface area contributed by atoms with Gasteiger partial charge in [0.2, 0.25) is 11.8 Å². The second kappa shape index (κ2) is 5.49. The summed E-state index contributed by atoms with van der Waals surface area (Å²) in [6.45, 7) is 6.35. The van der Waals surface area contributed by atoms with Crippen molar-refractivity contribution in [3.05, 3.63) is 5.89 Å². The van der Waals surface area contributed by atoms with E-state index in [1.165, 1.54) is 0 Å². The summed E-state index contributed by atoms with van der Waals surface area (Å²) in [6, 6.07) is 1.01. The lowest BCUT2D eigenvalue weighted by Crippen LogP contribution is -2.55. The van der Waals surface area contributed by atoms with Gasteiger partial charge in [0.15, 0.2) is 0 Å². The van der Waals surface area contributed by atoms with Gasteiger partial charge in [-0.3, -0.25) is 15.0 Å². The first-order valence-corrected chi connectivity index (χ1v) is 7.22. The maximum absolute atomic E-state index is 12.0. The smallest absolute Gasteiger partial charge is 0.322 e. The van der Waals surface area contributed by atoms with E-state index >= 15 is 0 Å². The molecule has 1 aromatic rings. The van der Waals surface area contributed by atoms with Gasteiger partial charge in [-0.25, -0.2) is 0 Å². The Morgan fingerprint density at radius 2 is 2.05 bits per heavy atom. The van der Waals surface area contributed by atoms with Gasteiger partial charge in [0.25, 0.3) is 0 Å². The second-order valence-corrected chi connectivity index (χ2v) is 5.93. The molecule has 1 aromatic heterocycles. The number of nitrogens with zero attached hydrogens (tertiary/aromatic N) is 3. The minimum atomic E-state index is -0.0997. The number of rotatable bonds is 4. The van der Waals surface area contributed by atoms with E-state index in [-0.39, 0.29) is 11.9 Å². The minimum absolute atomic E-state index is 0.0997. The summed E-state index contributed by atoms with van der Waals surface area (Å²) < 4.78 is 5.42. The van der Waals surface area contributed by atoms with Crippen molar-refractivity contribution in [2.24, 2.45) is 0 Å². The molecule has 0 spiro atoms. The van der Waals surface area contributed by atoms with Crippen LogP contribution in [0.4, 0.5) is 6.01 Å². The third-order valence-electron chi connectivity index (χ3n) is 3.61. The quantitative estimate of drug-likeness (QED) is 0.838. The van der Waals surface area contributed by atoms with E-state index in [2.05, 4.69) is 39.6 Å². The summed E-state index contributed by atoms with van der Waals surface area (Å²) >= 11 is 0. The molecule has 2 atom stereocenters. The van der Waals surface area contributed by atoms with Gasteiger partial charge in [-0.05, 0) is 26.7 Å². The fraction of sp³-hybridized carbons (Fsp3) is 0.769. The Morgan fingerprint density at radius 3 is 2.70 bits per heavy atom. The highest BCUT2D eigenvalue weighted by atomic mass is 16.4. The summed E-state index contributed by atoms with van der Waals surface area (Å²) in [5.74, 6) is 0.949. The third-order valence-corrected chi connectivity index (χ3v) is 3.61. The number of piperazine rings is 1. The van der Waals surface area contributed by atoms with Crippen LogP contribution in [-0.4, -0.2) is 52.7 Å². The van der Waals surface area contributed by atoms with E-state index in [0.29, 0.717) is 30.4 Å². The lowest BCUT2D eigenvalue weighted by Gasteiger charge is -2.35. The molecular weight excluding hydrogens is 258 g/mol. The lowest BCUT2D eigenvalue weighted by atomic mass is 10.1. The summed E-state index contributed by atoms with van der Waals surface area (Å²) in [4.78, 5) is 14.1. The van der Waals surface area contributed by atoms with Crippen LogP contribution in [-0.2, 0) is 4.79 Å². The monoisotopic (exact) mass is 279 g/mol. The van der Waals surface area contributed by atoms with Gasteiger partial charge in [-0.1, -0.05) is 5.10 Å². The summed E-state index contributed by atoms with van der Waals surface area (Å²) in [5, 5.41) is 13.9. The highest BCUT2D eigenvalue weighted by Crippen LogP contribution is 2.39. The molecule has 1 saturated heterocycles. The highest BCUT2D eigenvalue weighted by molar-refractivity contribution is 5.90. The molecule has 0 aromatic carbocycles. The van der Waals surface area contributed by atoms with E-state index in [1.54, 1.807) is 0 Å². The van der Waals surface area contributed by atoms with Crippen molar-refractivity contribution in [2.45, 2.75) is 44.7 Å². The molecule has 0 bridgehead atoms. The van der Waals surface area contributed by atoms with Gasteiger partial charge in [-0.15, -0.1) is 5.10 Å². The van der Waals surface area contributed by atoms with Crippen molar-refractivity contribution in [3.8, 4) is 0 Å². The first-order chi connectivity index (χ1) is 9.60. The molecule has 110 valence electrons. The van der Waals surface area contributed by atoms with E-state index < -0.39 is 0 Å². The highest BCUT2D eigenvalue weighted by Gasteiger charge is 2.30. The maximum atomic E-state index is 12.0. The molecule has 1 saturated carbocycles. The van der Waals surface area contributed by atoms with Gasteiger partial charge >= 0.3 is 6.01 Å². The van der Waals surface area contributed by atoms with Crippen LogP contribution in [0.15, 0.2) is 4.42 Å². The number of nitrogens with one attached hydrogen (secondary N) is 2. The SMILES string of the molecule is CC1CN(CC(=O)Nc2nnc(C3CC3)o2)CC(C)N1. The molecule has 7 nitrogen and oxygen atoms in total. The first kappa shape index (κ1) is 13.5. The van der Waals surface area contributed by atoms with Crippen LogP contribution < -0.4 is 10.6 Å². The molecule has 7 heteroatoms. The Labute approximate surface area is 118 Å².